The van der Waals surface area contributed by atoms with Gasteiger partial charge in [-0.3, -0.25) is 0 Å². The second-order valence-corrected chi connectivity index (χ2v) is 8.18. The van der Waals surface area contributed by atoms with Crippen molar-refractivity contribution in [3.8, 4) is 0 Å². The minimum absolute atomic E-state index is 0. The maximum atomic E-state index is 4.98. The van der Waals surface area contributed by atoms with Crippen LogP contribution in [0.2, 0.25) is 0 Å². The summed E-state index contributed by atoms with van der Waals surface area (Å²) in [5.74, 6) is 2.17. The molecule has 1 aliphatic rings. The van der Waals surface area contributed by atoms with Crippen LogP contribution in [0.15, 0.2) is 46.4 Å². The van der Waals surface area contributed by atoms with Crippen molar-refractivity contribution in [1.29, 1.82) is 0 Å². The van der Waals surface area contributed by atoms with Crippen LogP contribution in [0.4, 0.5) is 11.4 Å². The summed E-state index contributed by atoms with van der Waals surface area (Å²) in [5.41, 5.74) is 7.01. The van der Waals surface area contributed by atoms with E-state index in [1.54, 1.807) is 0 Å². The molecule has 0 spiro atoms. The van der Waals surface area contributed by atoms with Gasteiger partial charge >= 0.3 is 0 Å². The van der Waals surface area contributed by atoms with E-state index in [1.807, 2.05) is 23.5 Å². The molecule has 3 rings (SSSR count). The van der Waals surface area contributed by atoms with Gasteiger partial charge in [0.15, 0.2) is 0 Å². The van der Waals surface area contributed by atoms with Crippen molar-refractivity contribution in [2.75, 3.05) is 11.5 Å². The van der Waals surface area contributed by atoms with E-state index in [0.717, 1.165) is 33.0 Å². The molecule has 2 aromatic carbocycles. The number of benzene rings is 2. The summed E-state index contributed by atoms with van der Waals surface area (Å²) in [5, 5.41) is 2.10. The molecule has 134 valence electrons. The summed E-state index contributed by atoms with van der Waals surface area (Å²) < 4.78 is 0. The smallest absolute Gasteiger partial charge is 0.129 e. The molecule has 1 fully saturated rings. The predicted octanol–water partition coefficient (Wildman–Crippen LogP) is 6.16. The van der Waals surface area contributed by atoms with Crippen molar-refractivity contribution in [2.45, 2.75) is 27.7 Å². The van der Waals surface area contributed by atoms with Crippen LogP contribution in [0.5, 0.6) is 0 Å². The third-order valence-electron chi connectivity index (χ3n) is 4.05. The molecule has 1 heterocycles. The van der Waals surface area contributed by atoms with Crippen LogP contribution in [-0.4, -0.2) is 21.6 Å². The van der Waals surface area contributed by atoms with E-state index >= 15 is 0 Å². The number of para-hydroxylation sites is 2. The van der Waals surface area contributed by atoms with Gasteiger partial charge < -0.3 is 0 Å². The Hall–Kier alpha value is -1.03. The molecule has 25 heavy (non-hydrogen) atoms. The summed E-state index contributed by atoms with van der Waals surface area (Å²) >= 11 is 3.63. The van der Waals surface area contributed by atoms with Gasteiger partial charge in [0, 0.05) is 28.0 Å². The molecule has 0 atom stereocenters. The monoisotopic (exact) mass is 412 g/mol. The minimum Gasteiger partial charge on any atom is -0.239 e. The number of aryl methyl sites for hydroxylation is 4. The Morgan fingerprint density at radius 2 is 0.960 bits per heavy atom. The normalized spacial score (nSPS) is 17.6. The molecule has 0 aromatic heterocycles. The van der Waals surface area contributed by atoms with Gasteiger partial charge in [0.25, 0.3) is 0 Å². The molecule has 1 aliphatic heterocycles. The van der Waals surface area contributed by atoms with Gasteiger partial charge in [-0.05, 0) is 49.9 Å². The maximum absolute atomic E-state index is 4.98. The van der Waals surface area contributed by atoms with E-state index in [4.69, 9.17) is 9.98 Å². The molecular weight excluding hydrogens is 391 g/mol. The fourth-order valence-electron chi connectivity index (χ4n) is 2.73. The fourth-order valence-corrected chi connectivity index (χ4v) is 4.78. The average molecular weight is 413 g/mol. The number of hydrogen-bond donors (Lipinski definition) is 0. The van der Waals surface area contributed by atoms with Gasteiger partial charge in [0.05, 0.1) is 11.4 Å². The van der Waals surface area contributed by atoms with Gasteiger partial charge in [-0.2, -0.15) is 0 Å². The Bertz CT molecular complexity index is 718. The Balaban J connectivity index is 0.00000225. The second-order valence-electron chi connectivity index (χ2n) is 6.01. The maximum Gasteiger partial charge on any atom is 0.129 e. The Kier molecular flexibility index (Phi) is 7.36. The van der Waals surface area contributed by atoms with Crippen molar-refractivity contribution in [1.82, 2.24) is 0 Å². The predicted molar refractivity (Wildman–Crippen MR) is 111 cm³/mol. The van der Waals surface area contributed by atoms with E-state index in [2.05, 4.69) is 64.1 Å². The third kappa shape index (κ3) is 4.78. The number of aliphatic imine (C=N–C) groups is 2. The summed E-state index contributed by atoms with van der Waals surface area (Å²) in [4.78, 5) is 9.96. The van der Waals surface area contributed by atoms with E-state index in [1.165, 1.54) is 22.3 Å². The quantitative estimate of drug-likeness (QED) is 0.551. The van der Waals surface area contributed by atoms with Crippen LogP contribution >= 0.6 is 23.5 Å². The minimum atomic E-state index is 0. The molecule has 0 N–H and O–H groups in total. The van der Waals surface area contributed by atoms with Crippen molar-refractivity contribution in [2.24, 2.45) is 9.98 Å². The Morgan fingerprint density at radius 1 is 0.640 bits per heavy atom. The first-order valence-electron chi connectivity index (χ1n) is 8.12. The van der Waals surface area contributed by atoms with Gasteiger partial charge in [0.2, 0.25) is 0 Å². The fraction of sp³-hybridized carbons (Fsp3) is 0.300. The van der Waals surface area contributed by atoms with E-state index in [9.17, 15) is 0 Å². The van der Waals surface area contributed by atoms with E-state index in [0.29, 0.717) is 0 Å². The molecule has 1 saturated heterocycles. The molecule has 0 saturated carbocycles. The van der Waals surface area contributed by atoms with Crippen LogP contribution in [-0.2, 0) is 16.5 Å². The van der Waals surface area contributed by atoms with Crippen molar-refractivity contribution < 1.29 is 16.5 Å². The number of hydrogen-bond acceptors (Lipinski definition) is 4. The van der Waals surface area contributed by atoms with Crippen LogP contribution in [0.3, 0.4) is 0 Å². The Morgan fingerprint density at radius 3 is 1.28 bits per heavy atom. The number of thioether (sulfide) groups is 2. The molecular formula is C20H22N2NiS2. The molecule has 0 aliphatic carbocycles. The van der Waals surface area contributed by atoms with Gasteiger partial charge in [0.1, 0.15) is 10.1 Å². The van der Waals surface area contributed by atoms with Crippen LogP contribution in [0.1, 0.15) is 22.3 Å². The topological polar surface area (TPSA) is 24.7 Å². The van der Waals surface area contributed by atoms with Crippen molar-refractivity contribution in [3.05, 3.63) is 58.7 Å². The molecule has 0 bridgehead atoms. The zero-order valence-corrected chi connectivity index (χ0v) is 17.5. The van der Waals surface area contributed by atoms with Gasteiger partial charge in [-0.25, -0.2) is 9.98 Å². The molecule has 2 nitrogen and oxygen atoms in total. The van der Waals surface area contributed by atoms with E-state index in [-0.39, 0.29) is 16.5 Å². The van der Waals surface area contributed by atoms with Crippen LogP contribution in [0, 0.1) is 27.7 Å². The third-order valence-corrected chi connectivity index (χ3v) is 6.37. The SMILES string of the molecule is Cc1cccc(C)c1N=C1SCCSC1=Nc1c(C)cccc1C.[Ni]. The van der Waals surface area contributed by atoms with Crippen molar-refractivity contribution in [3.63, 3.8) is 0 Å². The zero-order chi connectivity index (χ0) is 17.1. The van der Waals surface area contributed by atoms with Crippen molar-refractivity contribution >= 4 is 45.0 Å². The largest absolute Gasteiger partial charge is 0.239 e. The summed E-state index contributed by atoms with van der Waals surface area (Å²) in [6.07, 6.45) is 0. The first kappa shape index (κ1) is 20.3. The van der Waals surface area contributed by atoms with Gasteiger partial charge in [-0.1, -0.05) is 36.4 Å². The first-order valence-corrected chi connectivity index (χ1v) is 10.1. The van der Waals surface area contributed by atoms with E-state index < -0.39 is 0 Å². The molecule has 5 heteroatoms. The van der Waals surface area contributed by atoms with Crippen LogP contribution < -0.4 is 0 Å². The average Bonchev–Trinajstić information content (AvgIpc) is 2.56. The standard InChI is InChI=1S/C20H22N2S2.Ni/c1-13-7-5-8-14(2)17(13)21-19-20(24-12-11-23-19)22-18-15(3)9-6-10-16(18)4;/h5-10H,11-12H2,1-4H3;. The molecule has 0 radical (unpaired) electrons. The second kappa shape index (κ2) is 9.07. The summed E-state index contributed by atoms with van der Waals surface area (Å²) in [7, 11) is 0. The first-order chi connectivity index (χ1) is 11.6. The number of nitrogens with zero attached hydrogens (tertiary/aromatic N) is 2. The zero-order valence-electron chi connectivity index (χ0n) is 14.9. The van der Waals surface area contributed by atoms with Crippen LogP contribution in [0.25, 0.3) is 0 Å². The summed E-state index contributed by atoms with van der Waals surface area (Å²) in [6.45, 7) is 8.48. The van der Waals surface area contributed by atoms with Gasteiger partial charge in [-0.15, -0.1) is 23.5 Å². The number of rotatable bonds is 2. The summed E-state index contributed by atoms with van der Waals surface area (Å²) in [6, 6.07) is 12.7. The molecule has 0 amide bonds. The molecule has 2 aromatic rings. The molecule has 0 unspecified atom stereocenters. The Labute approximate surface area is 168 Å².